The number of nitrogens with zero attached hydrogens (tertiary/aromatic N) is 1. The molecule has 0 aromatic carbocycles. The smallest absolute Gasteiger partial charge is 0.314 e. The summed E-state index contributed by atoms with van der Waals surface area (Å²) in [5.74, 6) is -0.603. The fraction of sp³-hybridized carbons (Fsp3) is 0.765. The van der Waals surface area contributed by atoms with Crippen LogP contribution < -0.4 is 10.6 Å². The van der Waals surface area contributed by atoms with Crippen LogP contribution in [-0.2, 0) is 19.1 Å². The van der Waals surface area contributed by atoms with Crippen molar-refractivity contribution in [3.63, 3.8) is 0 Å². The number of hydrogen-bond acceptors (Lipinski definition) is 5. The van der Waals surface area contributed by atoms with Crippen molar-refractivity contribution in [2.75, 3.05) is 27.2 Å². The maximum Gasteiger partial charge on any atom is 0.314 e. The number of nitrogens with one attached hydrogen (secondary N) is 2. The first-order valence-electron chi connectivity index (χ1n) is 8.43. The lowest BCUT2D eigenvalue weighted by Gasteiger charge is -2.20. The van der Waals surface area contributed by atoms with Gasteiger partial charge in [0, 0.05) is 25.9 Å². The minimum absolute atomic E-state index is 0.0579. The molecule has 25 heavy (non-hydrogen) atoms. The first kappa shape index (κ1) is 22.9. The molecule has 0 aliphatic carbocycles. The van der Waals surface area contributed by atoms with E-state index in [1.807, 2.05) is 20.8 Å². The number of esters is 1. The lowest BCUT2D eigenvalue weighted by molar-refractivity contribution is -0.153. The van der Waals surface area contributed by atoms with Crippen LogP contribution in [0.5, 0.6) is 0 Å². The van der Waals surface area contributed by atoms with Gasteiger partial charge in [0.25, 0.3) is 0 Å². The van der Waals surface area contributed by atoms with Crippen molar-refractivity contribution in [2.24, 2.45) is 17.3 Å². The average molecular weight is 357 g/mol. The van der Waals surface area contributed by atoms with Gasteiger partial charge in [0.2, 0.25) is 11.8 Å². The van der Waals surface area contributed by atoms with Gasteiger partial charge in [-0.1, -0.05) is 20.8 Å². The summed E-state index contributed by atoms with van der Waals surface area (Å²) in [6.07, 6.45) is 0.731. The van der Waals surface area contributed by atoms with Crippen molar-refractivity contribution in [1.82, 2.24) is 15.5 Å². The average Bonchev–Trinajstić information content (AvgIpc) is 2.76. The minimum Gasteiger partial charge on any atom is -0.463 e. The third-order valence-electron chi connectivity index (χ3n) is 4.47. The molecule has 0 spiro atoms. The van der Waals surface area contributed by atoms with Crippen LogP contribution in [0, 0.1) is 17.3 Å². The molecule has 2 unspecified atom stereocenters. The minimum atomic E-state index is -0.451. The van der Waals surface area contributed by atoms with Gasteiger partial charge in [-0.3, -0.25) is 19.3 Å². The van der Waals surface area contributed by atoms with Gasteiger partial charge in [0.15, 0.2) is 0 Å². The Hall–Kier alpha value is -2.12. The number of likely N-dealkylation sites (tertiary alicyclic amines) is 1. The van der Waals surface area contributed by atoms with E-state index >= 15 is 0 Å². The van der Waals surface area contributed by atoms with Gasteiger partial charge >= 0.3 is 12.0 Å². The van der Waals surface area contributed by atoms with Crippen LogP contribution in [0.4, 0.5) is 4.79 Å². The Balaban J connectivity index is 0.000000496. The van der Waals surface area contributed by atoms with Crippen molar-refractivity contribution >= 4 is 23.8 Å². The molecule has 1 heterocycles. The summed E-state index contributed by atoms with van der Waals surface area (Å²) >= 11 is 0. The Labute approximate surface area is 149 Å². The van der Waals surface area contributed by atoms with Crippen molar-refractivity contribution in [3.05, 3.63) is 0 Å². The van der Waals surface area contributed by atoms with Crippen molar-refractivity contribution in [3.8, 4) is 0 Å². The number of rotatable bonds is 5. The van der Waals surface area contributed by atoms with E-state index in [1.165, 1.54) is 19.0 Å². The topological polar surface area (TPSA) is 105 Å². The zero-order valence-corrected chi connectivity index (χ0v) is 16.3. The standard InChI is InChI=1S/C10H20N2O3.C7H11NO2/c1-5-10(2,3)8(13)15-7-6-12-9(14)11-4;1-4-5(2)7(10)8(3)6(4)9/h5-7H2,1-4H3,(H2,11,12,14);4-5H,1-3H3. The number of amides is 4. The van der Waals surface area contributed by atoms with Crippen LogP contribution in [0.3, 0.4) is 0 Å². The summed E-state index contributed by atoms with van der Waals surface area (Å²) in [6, 6.07) is -0.277. The normalized spacial score (nSPS) is 19.9. The Morgan fingerprint density at radius 2 is 1.64 bits per heavy atom. The summed E-state index contributed by atoms with van der Waals surface area (Å²) in [5, 5.41) is 4.93. The second-order valence-corrected chi connectivity index (χ2v) is 6.69. The number of ether oxygens (including phenoxy) is 1. The highest BCUT2D eigenvalue weighted by atomic mass is 16.5. The molecule has 4 amide bonds. The maximum atomic E-state index is 11.5. The van der Waals surface area contributed by atoms with Crippen LogP contribution in [0.2, 0.25) is 0 Å². The molecule has 0 bridgehead atoms. The quantitative estimate of drug-likeness (QED) is 0.436. The van der Waals surface area contributed by atoms with Gasteiger partial charge in [0.05, 0.1) is 12.0 Å². The Morgan fingerprint density at radius 1 is 1.16 bits per heavy atom. The highest BCUT2D eigenvalue weighted by molar-refractivity contribution is 6.04. The molecule has 1 saturated heterocycles. The van der Waals surface area contributed by atoms with Crippen LogP contribution in [-0.4, -0.2) is 56.0 Å². The highest BCUT2D eigenvalue weighted by Gasteiger charge is 2.39. The lowest BCUT2D eigenvalue weighted by Crippen LogP contribution is -2.36. The third-order valence-corrected chi connectivity index (χ3v) is 4.47. The molecule has 1 fully saturated rings. The Bertz CT molecular complexity index is 485. The maximum absolute atomic E-state index is 11.5. The fourth-order valence-electron chi connectivity index (χ4n) is 1.88. The van der Waals surface area contributed by atoms with Gasteiger partial charge < -0.3 is 15.4 Å². The molecule has 0 saturated carbocycles. The lowest BCUT2D eigenvalue weighted by atomic mass is 9.91. The SMILES string of the molecule is CC1C(=O)N(C)C(=O)C1C.CCC(C)(C)C(=O)OCCNC(=O)NC. The van der Waals surface area contributed by atoms with E-state index in [0.717, 1.165) is 6.42 Å². The summed E-state index contributed by atoms with van der Waals surface area (Å²) in [4.78, 5) is 45.5. The molecule has 8 heteroatoms. The molecule has 0 aromatic rings. The summed E-state index contributed by atoms with van der Waals surface area (Å²) < 4.78 is 5.01. The molecule has 0 radical (unpaired) electrons. The van der Waals surface area contributed by atoms with E-state index in [-0.39, 0.29) is 42.3 Å². The summed E-state index contributed by atoms with van der Waals surface area (Å²) in [5.41, 5.74) is -0.451. The van der Waals surface area contributed by atoms with Gasteiger partial charge in [-0.2, -0.15) is 0 Å². The Kier molecular flexibility index (Phi) is 9.16. The van der Waals surface area contributed by atoms with Gasteiger partial charge in [-0.25, -0.2) is 4.79 Å². The highest BCUT2D eigenvalue weighted by Crippen LogP contribution is 2.23. The fourth-order valence-corrected chi connectivity index (χ4v) is 1.88. The van der Waals surface area contributed by atoms with Crippen molar-refractivity contribution in [2.45, 2.75) is 41.0 Å². The van der Waals surface area contributed by atoms with Crippen LogP contribution >= 0.6 is 0 Å². The number of imide groups is 1. The first-order chi connectivity index (χ1) is 11.5. The largest absolute Gasteiger partial charge is 0.463 e. The molecule has 2 atom stereocenters. The third kappa shape index (κ3) is 6.72. The van der Waals surface area contributed by atoms with Crippen LogP contribution in [0.25, 0.3) is 0 Å². The van der Waals surface area contributed by atoms with Crippen molar-refractivity contribution < 1.29 is 23.9 Å². The summed E-state index contributed by atoms with van der Waals surface area (Å²) in [6.45, 7) is 9.71. The molecule has 0 aromatic heterocycles. The van der Waals surface area contributed by atoms with Crippen molar-refractivity contribution in [1.29, 1.82) is 0 Å². The zero-order valence-electron chi connectivity index (χ0n) is 16.3. The molecule has 1 aliphatic rings. The van der Waals surface area contributed by atoms with Crippen LogP contribution in [0.1, 0.15) is 41.0 Å². The van der Waals surface area contributed by atoms with E-state index < -0.39 is 5.41 Å². The molecular formula is C17H31N3O5. The van der Waals surface area contributed by atoms with E-state index in [1.54, 1.807) is 13.8 Å². The van der Waals surface area contributed by atoms with Gasteiger partial charge in [0.1, 0.15) is 6.61 Å². The molecular weight excluding hydrogens is 326 g/mol. The zero-order chi connectivity index (χ0) is 19.8. The van der Waals surface area contributed by atoms with E-state index in [0.29, 0.717) is 6.54 Å². The number of urea groups is 1. The molecule has 8 nitrogen and oxygen atoms in total. The predicted octanol–water partition coefficient (Wildman–Crippen LogP) is 1.15. The molecule has 144 valence electrons. The number of carbonyl (C=O) groups is 4. The van der Waals surface area contributed by atoms with E-state index in [9.17, 15) is 19.2 Å². The predicted molar refractivity (Wildman–Crippen MR) is 93.6 cm³/mol. The molecule has 1 rings (SSSR count). The molecule has 2 N–H and O–H groups in total. The van der Waals surface area contributed by atoms with E-state index in [4.69, 9.17) is 4.74 Å². The first-order valence-corrected chi connectivity index (χ1v) is 8.43. The summed E-state index contributed by atoms with van der Waals surface area (Å²) in [7, 11) is 3.06. The van der Waals surface area contributed by atoms with Gasteiger partial charge in [-0.15, -0.1) is 0 Å². The van der Waals surface area contributed by atoms with Gasteiger partial charge in [-0.05, 0) is 20.3 Å². The number of carbonyl (C=O) groups excluding carboxylic acids is 4. The monoisotopic (exact) mass is 357 g/mol. The van der Waals surface area contributed by atoms with E-state index in [2.05, 4.69) is 10.6 Å². The number of hydrogen-bond donors (Lipinski definition) is 2. The second-order valence-electron chi connectivity index (χ2n) is 6.69. The Morgan fingerprint density at radius 3 is 1.96 bits per heavy atom. The molecule has 1 aliphatic heterocycles. The second kappa shape index (κ2) is 10.0. The van der Waals surface area contributed by atoms with Crippen LogP contribution in [0.15, 0.2) is 0 Å².